The molecule has 0 aliphatic carbocycles. The SMILES string of the molecule is CNc1ncccc1S(=O)(=O)Nc1cnccc1C. The van der Waals surface area contributed by atoms with Gasteiger partial charge in [0.1, 0.15) is 10.7 Å². The van der Waals surface area contributed by atoms with Gasteiger partial charge in [-0.3, -0.25) is 9.71 Å². The summed E-state index contributed by atoms with van der Waals surface area (Å²) in [5.41, 5.74) is 1.25. The lowest BCUT2D eigenvalue weighted by Crippen LogP contribution is -2.16. The predicted octanol–water partition coefficient (Wildman–Crippen LogP) is 1.63. The normalized spacial score (nSPS) is 11.1. The lowest BCUT2D eigenvalue weighted by molar-refractivity contribution is 0.601. The smallest absolute Gasteiger partial charge is 0.265 e. The molecule has 0 aromatic carbocycles. The second kappa shape index (κ2) is 5.23. The first-order chi connectivity index (χ1) is 9.04. The Morgan fingerprint density at radius 2 is 2.00 bits per heavy atom. The van der Waals surface area contributed by atoms with Crippen molar-refractivity contribution >= 4 is 21.5 Å². The minimum atomic E-state index is -3.69. The van der Waals surface area contributed by atoms with Crippen LogP contribution in [0.2, 0.25) is 0 Å². The Morgan fingerprint density at radius 3 is 2.68 bits per heavy atom. The number of nitrogens with zero attached hydrogens (tertiary/aromatic N) is 2. The molecule has 0 atom stereocenters. The van der Waals surface area contributed by atoms with E-state index in [9.17, 15) is 8.42 Å². The van der Waals surface area contributed by atoms with Gasteiger partial charge < -0.3 is 5.32 Å². The van der Waals surface area contributed by atoms with E-state index in [1.165, 1.54) is 18.5 Å². The first kappa shape index (κ1) is 13.3. The Kier molecular flexibility index (Phi) is 3.66. The second-order valence-electron chi connectivity index (χ2n) is 3.90. The average Bonchev–Trinajstić information content (AvgIpc) is 2.41. The Labute approximate surface area is 112 Å². The first-order valence-corrected chi connectivity index (χ1v) is 7.09. The highest BCUT2D eigenvalue weighted by atomic mass is 32.2. The van der Waals surface area contributed by atoms with Crippen molar-refractivity contribution in [2.75, 3.05) is 17.1 Å². The van der Waals surface area contributed by atoms with Crippen molar-refractivity contribution in [3.05, 3.63) is 42.4 Å². The molecule has 0 saturated heterocycles. The van der Waals surface area contributed by atoms with Gasteiger partial charge in [0, 0.05) is 19.4 Å². The van der Waals surface area contributed by atoms with Gasteiger partial charge in [0.05, 0.1) is 11.9 Å². The number of sulfonamides is 1. The van der Waals surface area contributed by atoms with Crippen molar-refractivity contribution in [3.8, 4) is 0 Å². The maximum Gasteiger partial charge on any atom is 0.265 e. The molecule has 2 aromatic heterocycles. The summed E-state index contributed by atoms with van der Waals surface area (Å²) in [6.45, 7) is 1.81. The van der Waals surface area contributed by atoms with E-state index in [1.54, 1.807) is 25.4 Å². The van der Waals surface area contributed by atoms with E-state index in [0.717, 1.165) is 5.56 Å². The average molecular weight is 278 g/mol. The number of aryl methyl sites for hydroxylation is 1. The molecule has 0 aliphatic heterocycles. The molecular weight excluding hydrogens is 264 g/mol. The summed E-state index contributed by atoms with van der Waals surface area (Å²) < 4.78 is 27.1. The van der Waals surface area contributed by atoms with Crippen LogP contribution in [0.4, 0.5) is 11.5 Å². The highest BCUT2D eigenvalue weighted by Crippen LogP contribution is 2.22. The Hall–Kier alpha value is -2.15. The molecular formula is C12H14N4O2S. The van der Waals surface area contributed by atoms with Gasteiger partial charge in [0.15, 0.2) is 0 Å². The van der Waals surface area contributed by atoms with Crippen molar-refractivity contribution < 1.29 is 8.42 Å². The lowest BCUT2D eigenvalue weighted by atomic mass is 10.3. The number of anilines is 2. The Balaban J connectivity index is 2.41. The van der Waals surface area contributed by atoms with Crippen LogP contribution in [0, 0.1) is 6.92 Å². The number of aromatic nitrogens is 2. The zero-order valence-electron chi connectivity index (χ0n) is 10.6. The van der Waals surface area contributed by atoms with Crippen molar-refractivity contribution in [3.63, 3.8) is 0 Å². The van der Waals surface area contributed by atoms with Gasteiger partial charge in [-0.2, -0.15) is 0 Å². The van der Waals surface area contributed by atoms with E-state index >= 15 is 0 Å². The molecule has 0 amide bonds. The van der Waals surface area contributed by atoms with Gasteiger partial charge in [-0.25, -0.2) is 13.4 Å². The number of nitrogens with one attached hydrogen (secondary N) is 2. The predicted molar refractivity (Wildman–Crippen MR) is 73.6 cm³/mol. The minimum Gasteiger partial charge on any atom is -0.372 e. The van der Waals surface area contributed by atoms with Crippen molar-refractivity contribution in [2.24, 2.45) is 0 Å². The fourth-order valence-electron chi connectivity index (χ4n) is 1.57. The molecule has 6 nitrogen and oxygen atoms in total. The van der Waals surface area contributed by atoms with Crippen molar-refractivity contribution in [1.29, 1.82) is 0 Å². The van der Waals surface area contributed by atoms with E-state index < -0.39 is 10.0 Å². The molecule has 0 saturated carbocycles. The molecule has 2 aromatic rings. The van der Waals surface area contributed by atoms with Gasteiger partial charge >= 0.3 is 0 Å². The van der Waals surface area contributed by atoms with E-state index in [4.69, 9.17) is 0 Å². The van der Waals surface area contributed by atoms with Gasteiger partial charge in [0.25, 0.3) is 10.0 Å². The molecule has 0 bridgehead atoms. The zero-order chi connectivity index (χ0) is 13.9. The summed E-state index contributed by atoms with van der Waals surface area (Å²) in [7, 11) is -2.07. The number of pyridine rings is 2. The third-order valence-corrected chi connectivity index (χ3v) is 3.98. The lowest BCUT2D eigenvalue weighted by Gasteiger charge is -2.12. The van der Waals surface area contributed by atoms with Crippen LogP contribution < -0.4 is 10.0 Å². The van der Waals surface area contributed by atoms with Gasteiger partial charge in [-0.1, -0.05) is 0 Å². The molecule has 0 spiro atoms. The molecule has 0 radical (unpaired) electrons. The van der Waals surface area contributed by atoms with E-state index in [-0.39, 0.29) is 4.90 Å². The van der Waals surface area contributed by atoms with Crippen molar-refractivity contribution in [2.45, 2.75) is 11.8 Å². The zero-order valence-corrected chi connectivity index (χ0v) is 11.4. The maximum atomic E-state index is 12.3. The van der Waals surface area contributed by atoms with Crippen molar-refractivity contribution in [1.82, 2.24) is 9.97 Å². The van der Waals surface area contributed by atoms with Crippen LogP contribution in [0.3, 0.4) is 0 Å². The highest BCUT2D eigenvalue weighted by molar-refractivity contribution is 7.92. The molecule has 19 heavy (non-hydrogen) atoms. The molecule has 7 heteroatoms. The topological polar surface area (TPSA) is 84.0 Å². The fourth-order valence-corrected chi connectivity index (χ4v) is 2.85. The summed E-state index contributed by atoms with van der Waals surface area (Å²) in [4.78, 5) is 7.99. The standard InChI is InChI=1S/C12H14N4O2S/c1-9-5-7-14-8-10(9)16-19(17,18)11-4-3-6-15-12(11)13-2/h3-8,16H,1-2H3,(H,13,15). The largest absolute Gasteiger partial charge is 0.372 e. The monoisotopic (exact) mass is 278 g/mol. The molecule has 0 unspecified atom stereocenters. The summed E-state index contributed by atoms with van der Waals surface area (Å²) in [5, 5.41) is 2.76. The Morgan fingerprint density at radius 1 is 1.21 bits per heavy atom. The third kappa shape index (κ3) is 2.82. The number of hydrogen-bond acceptors (Lipinski definition) is 5. The third-order valence-electron chi connectivity index (χ3n) is 2.58. The van der Waals surface area contributed by atoms with Gasteiger partial charge in [-0.15, -0.1) is 0 Å². The summed E-state index contributed by atoms with van der Waals surface area (Å²) in [6.07, 6.45) is 4.61. The fraction of sp³-hybridized carbons (Fsp3) is 0.167. The van der Waals surface area contributed by atoms with E-state index in [0.29, 0.717) is 11.5 Å². The van der Waals surface area contributed by atoms with Crippen LogP contribution in [-0.2, 0) is 10.0 Å². The van der Waals surface area contributed by atoms with Crippen LogP contribution >= 0.6 is 0 Å². The van der Waals surface area contributed by atoms with Crippen LogP contribution in [0.15, 0.2) is 41.7 Å². The quantitative estimate of drug-likeness (QED) is 0.888. The number of rotatable bonds is 4. The summed E-state index contributed by atoms with van der Waals surface area (Å²) in [6, 6.07) is 4.80. The van der Waals surface area contributed by atoms with Crippen LogP contribution in [0.25, 0.3) is 0 Å². The van der Waals surface area contributed by atoms with Crippen LogP contribution in [0.5, 0.6) is 0 Å². The van der Waals surface area contributed by atoms with E-state index in [2.05, 4.69) is 20.0 Å². The summed E-state index contributed by atoms with van der Waals surface area (Å²) in [5.74, 6) is 0.302. The Bertz CT molecular complexity index is 686. The highest BCUT2D eigenvalue weighted by Gasteiger charge is 2.19. The van der Waals surface area contributed by atoms with E-state index in [1.807, 2.05) is 6.92 Å². The molecule has 0 aliphatic rings. The minimum absolute atomic E-state index is 0.0979. The first-order valence-electron chi connectivity index (χ1n) is 5.61. The molecule has 2 heterocycles. The van der Waals surface area contributed by atoms with Crippen LogP contribution in [0.1, 0.15) is 5.56 Å². The number of hydrogen-bond donors (Lipinski definition) is 2. The van der Waals surface area contributed by atoms with Gasteiger partial charge in [-0.05, 0) is 30.7 Å². The summed E-state index contributed by atoms with van der Waals surface area (Å²) >= 11 is 0. The molecule has 0 fully saturated rings. The van der Waals surface area contributed by atoms with Crippen LogP contribution in [-0.4, -0.2) is 25.4 Å². The van der Waals surface area contributed by atoms with Gasteiger partial charge in [0.2, 0.25) is 0 Å². The molecule has 2 rings (SSSR count). The molecule has 100 valence electrons. The maximum absolute atomic E-state index is 12.3. The second-order valence-corrected chi connectivity index (χ2v) is 5.55. The molecule has 2 N–H and O–H groups in total.